The molecule has 116 valence electrons. The highest BCUT2D eigenvalue weighted by atomic mass is 16.3. The van der Waals surface area contributed by atoms with Crippen molar-refractivity contribution < 1.29 is 15.3 Å². The SMILES string of the molecule is CC(CCc1ccc(O)cc1)N1CCc2cc(O)c(O)cc21. The Hall–Kier alpha value is -2.36. The Labute approximate surface area is 130 Å². The van der Waals surface area contributed by atoms with Crippen molar-refractivity contribution in [2.75, 3.05) is 11.4 Å². The third-order valence-corrected chi connectivity index (χ3v) is 4.43. The largest absolute Gasteiger partial charge is 0.508 e. The lowest BCUT2D eigenvalue weighted by Gasteiger charge is -2.27. The molecule has 0 radical (unpaired) electrons. The summed E-state index contributed by atoms with van der Waals surface area (Å²) in [4.78, 5) is 2.29. The number of phenols is 3. The molecular weight excluding hydrogens is 278 g/mol. The Bertz CT molecular complexity index is 667. The van der Waals surface area contributed by atoms with Crippen LogP contribution in [0.15, 0.2) is 36.4 Å². The fraction of sp³-hybridized carbons (Fsp3) is 0.333. The molecule has 3 rings (SSSR count). The zero-order chi connectivity index (χ0) is 15.7. The van der Waals surface area contributed by atoms with Crippen molar-refractivity contribution in [3.05, 3.63) is 47.5 Å². The Morgan fingerprint density at radius 3 is 2.45 bits per heavy atom. The van der Waals surface area contributed by atoms with Gasteiger partial charge in [0.15, 0.2) is 11.5 Å². The Kier molecular flexibility index (Phi) is 3.84. The molecule has 0 spiro atoms. The van der Waals surface area contributed by atoms with E-state index in [0.29, 0.717) is 11.8 Å². The normalized spacial score (nSPS) is 14.9. The van der Waals surface area contributed by atoms with Crippen molar-refractivity contribution >= 4 is 5.69 Å². The van der Waals surface area contributed by atoms with Gasteiger partial charge in [-0.05, 0) is 55.5 Å². The molecule has 0 amide bonds. The van der Waals surface area contributed by atoms with E-state index in [1.807, 2.05) is 12.1 Å². The summed E-state index contributed by atoms with van der Waals surface area (Å²) in [6, 6.07) is 11.0. The Balaban J connectivity index is 1.68. The molecule has 3 N–H and O–H groups in total. The first-order chi connectivity index (χ1) is 10.5. The van der Waals surface area contributed by atoms with Crippen LogP contribution < -0.4 is 4.90 Å². The number of anilines is 1. The molecule has 0 saturated carbocycles. The number of nitrogens with zero attached hydrogens (tertiary/aromatic N) is 1. The fourth-order valence-electron chi connectivity index (χ4n) is 3.09. The zero-order valence-corrected chi connectivity index (χ0v) is 12.7. The van der Waals surface area contributed by atoms with Crippen LogP contribution in [0.2, 0.25) is 0 Å². The lowest BCUT2D eigenvalue weighted by atomic mass is 10.0. The first-order valence-corrected chi connectivity index (χ1v) is 7.64. The second-order valence-corrected chi connectivity index (χ2v) is 5.97. The second kappa shape index (κ2) is 5.79. The van der Waals surface area contributed by atoms with Gasteiger partial charge in [-0.1, -0.05) is 12.1 Å². The van der Waals surface area contributed by atoms with Crippen molar-refractivity contribution in [1.82, 2.24) is 0 Å². The number of hydrogen-bond donors (Lipinski definition) is 3. The summed E-state index contributed by atoms with van der Waals surface area (Å²) in [5.74, 6) is 0.189. The Morgan fingerprint density at radius 2 is 1.73 bits per heavy atom. The van der Waals surface area contributed by atoms with Gasteiger partial charge in [0.05, 0.1) is 0 Å². The molecule has 1 aliphatic rings. The number of rotatable bonds is 4. The number of aryl methyl sites for hydroxylation is 1. The molecule has 1 aliphatic heterocycles. The Morgan fingerprint density at radius 1 is 1.05 bits per heavy atom. The highest BCUT2D eigenvalue weighted by molar-refractivity contribution is 5.64. The molecule has 1 atom stereocenters. The van der Waals surface area contributed by atoms with Gasteiger partial charge in [-0.2, -0.15) is 0 Å². The third kappa shape index (κ3) is 2.82. The maximum absolute atomic E-state index is 9.72. The van der Waals surface area contributed by atoms with E-state index in [9.17, 15) is 15.3 Å². The first-order valence-electron chi connectivity index (χ1n) is 7.64. The summed E-state index contributed by atoms with van der Waals surface area (Å²) in [6.45, 7) is 3.09. The minimum Gasteiger partial charge on any atom is -0.508 e. The van der Waals surface area contributed by atoms with Gasteiger partial charge in [-0.3, -0.25) is 0 Å². The molecule has 4 nitrogen and oxygen atoms in total. The van der Waals surface area contributed by atoms with E-state index in [2.05, 4.69) is 11.8 Å². The van der Waals surface area contributed by atoms with Gasteiger partial charge in [0.2, 0.25) is 0 Å². The highest BCUT2D eigenvalue weighted by Crippen LogP contribution is 2.38. The van der Waals surface area contributed by atoms with Crippen LogP contribution in [0.25, 0.3) is 0 Å². The number of aromatic hydroxyl groups is 3. The zero-order valence-electron chi connectivity index (χ0n) is 12.7. The maximum atomic E-state index is 9.72. The van der Waals surface area contributed by atoms with Crippen LogP contribution in [-0.4, -0.2) is 27.9 Å². The summed E-state index contributed by atoms with van der Waals surface area (Å²) < 4.78 is 0. The van der Waals surface area contributed by atoms with E-state index in [1.165, 1.54) is 5.56 Å². The molecule has 0 aliphatic carbocycles. The van der Waals surface area contributed by atoms with Crippen molar-refractivity contribution in [3.63, 3.8) is 0 Å². The van der Waals surface area contributed by atoms with Crippen LogP contribution in [-0.2, 0) is 12.8 Å². The smallest absolute Gasteiger partial charge is 0.159 e. The van der Waals surface area contributed by atoms with Gasteiger partial charge in [-0.25, -0.2) is 0 Å². The topological polar surface area (TPSA) is 63.9 Å². The van der Waals surface area contributed by atoms with Crippen molar-refractivity contribution in [1.29, 1.82) is 0 Å². The van der Waals surface area contributed by atoms with Gasteiger partial charge < -0.3 is 20.2 Å². The molecule has 0 saturated heterocycles. The lowest BCUT2D eigenvalue weighted by Crippen LogP contribution is -2.31. The van der Waals surface area contributed by atoms with Crippen molar-refractivity contribution in [3.8, 4) is 17.2 Å². The number of fused-ring (bicyclic) bond motifs is 1. The molecule has 2 aromatic carbocycles. The molecule has 1 unspecified atom stereocenters. The minimum absolute atomic E-state index is 0.0441. The van der Waals surface area contributed by atoms with E-state index >= 15 is 0 Å². The van der Waals surface area contributed by atoms with Crippen LogP contribution in [0, 0.1) is 0 Å². The monoisotopic (exact) mass is 299 g/mol. The van der Waals surface area contributed by atoms with Crippen LogP contribution in [0.3, 0.4) is 0 Å². The summed E-state index contributed by atoms with van der Waals surface area (Å²) in [6.07, 6.45) is 2.83. The van der Waals surface area contributed by atoms with Crippen molar-refractivity contribution in [2.45, 2.75) is 32.2 Å². The lowest BCUT2D eigenvalue weighted by molar-refractivity contribution is 0.403. The van der Waals surface area contributed by atoms with Gasteiger partial charge in [0, 0.05) is 24.3 Å². The summed E-state index contributed by atoms with van der Waals surface area (Å²) in [7, 11) is 0. The van der Waals surface area contributed by atoms with Gasteiger partial charge in [0.1, 0.15) is 5.75 Å². The molecule has 0 bridgehead atoms. The van der Waals surface area contributed by atoms with Gasteiger partial charge in [0.25, 0.3) is 0 Å². The molecule has 22 heavy (non-hydrogen) atoms. The highest BCUT2D eigenvalue weighted by Gasteiger charge is 2.24. The first kappa shape index (κ1) is 14.6. The quantitative estimate of drug-likeness (QED) is 0.759. The molecule has 0 aromatic heterocycles. The number of hydrogen-bond acceptors (Lipinski definition) is 4. The predicted molar refractivity (Wildman–Crippen MR) is 86.7 cm³/mol. The van der Waals surface area contributed by atoms with Gasteiger partial charge >= 0.3 is 0 Å². The molecule has 1 heterocycles. The molecule has 4 heteroatoms. The van der Waals surface area contributed by atoms with Crippen LogP contribution in [0.5, 0.6) is 17.2 Å². The minimum atomic E-state index is -0.0589. The van der Waals surface area contributed by atoms with E-state index in [1.54, 1.807) is 24.3 Å². The van der Waals surface area contributed by atoms with E-state index < -0.39 is 0 Å². The standard InChI is InChI=1S/C18H21NO3/c1-12(2-3-13-4-6-15(20)7-5-13)19-9-8-14-10-17(21)18(22)11-16(14)19/h4-7,10-12,20-22H,2-3,8-9H2,1H3. The summed E-state index contributed by atoms with van der Waals surface area (Å²) in [5.41, 5.74) is 3.32. The molecule has 0 fully saturated rings. The molecule has 2 aromatic rings. The van der Waals surface area contributed by atoms with Crippen molar-refractivity contribution in [2.24, 2.45) is 0 Å². The number of benzene rings is 2. The maximum Gasteiger partial charge on any atom is 0.159 e. The summed E-state index contributed by atoms with van der Waals surface area (Å²) in [5, 5.41) is 28.6. The van der Waals surface area contributed by atoms with E-state index in [0.717, 1.165) is 37.1 Å². The molecular formula is C18H21NO3. The number of phenolic OH excluding ortho intramolecular Hbond substituents is 3. The van der Waals surface area contributed by atoms with Gasteiger partial charge in [-0.15, -0.1) is 0 Å². The third-order valence-electron chi connectivity index (χ3n) is 4.43. The fourth-order valence-corrected chi connectivity index (χ4v) is 3.09. The van der Waals surface area contributed by atoms with E-state index in [-0.39, 0.29) is 11.5 Å². The summed E-state index contributed by atoms with van der Waals surface area (Å²) >= 11 is 0. The van der Waals surface area contributed by atoms with Crippen LogP contribution in [0.4, 0.5) is 5.69 Å². The predicted octanol–water partition coefficient (Wildman–Crippen LogP) is 3.19. The van der Waals surface area contributed by atoms with Crippen LogP contribution >= 0.6 is 0 Å². The van der Waals surface area contributed by atoms with Crippen LogP contribution in [0.1, 0.15) is 24.5 Å². The average molecular weight is 299 g/mol. The average Bonchev–Trinajstić information content (AvgIpc) is 2.90. The second-order valence-electron chi connectivity index (χ2n) is 5.97. The van der Waals surface area contributed by atoms with E-state index in [4.69, 9.17) is 0 Å².